The van der Waals surface area contributed by atoms with E-state index >= 15 is 0 Å². The minimum atomic E-state index is -3.59. The van der Waals surface area contributed by atoms with Gasteiger partial charge in [0.2, 0.25) is 15.9 Å². The van der Waals surface area contributed by atoms with Crippen LogP contribution in [0.4, 0.5) is 5.69 Å². The van der Waals surface area contributed by atoms with Gasteiger partial charge in [0.15, 0.2) is 0 Å². The number of carbonyl (C=O) groups is 1. The number of nitrogens with one attached hydrogen (secondary N) is 2. The van der Waals surface area contributed by atoms with Gasteiger partial charge in [-0.2, -0.15) is 0 Å². The monoisotopic (exact) mass is 386 g/mol. The fourth-order valence-corrected chi connectivity index (χ4v) is 3.26. The molecule has 2 N–H and O–H groups in total. The molecular formula is C20H22N2O4S. The van der Waals surface area contributed by atoms with Crippen LogP contribution in [0.1, 0.15) is 11.1 Å². The summed E-state index contributed by atoms with van der Waals surface area (Å²) in [5.74, 6) is 0.355. The van der Waals surface area contributed by atoms with Gasteiger partial charge in [-0.25, -0.2) is 13.1 Å². The van der Waals surface area contributed by atoms with Gasteiger partial charge < -0.3 is 10.1 Å². The number of aryl methyl sites for hydroxylation is 1. The average molecular weight is 386 g/mol. The summed E-state index contributed by atoms with van der Waals surface area (Å²) in [6, 6.07) is 12.0. The first-order valence-corrected chi connectivity index (χ1v) is 9.71. The lowest BCUT2D eigenvalue weighted by Gasteiger charge is -2.09. The molecule has 0 saturated carbocycles. The van der Waals surface area contributed by atoms with Crippen LogP contribution in [0.5, 0.6) is 5.75 Å². The molecule has 142 valence electrons. The van der Waals surface area contributed by atoms with Crippen molar-refractivity contribution < 1.29 is 17.9 Å². The van der Waals surface area contributed by atoms with E-state index in [4.69, 9.17) is 4.74 Å². The van der Waals surface area contributed by atoms with Crippen molar-refractivity contribution in [1.29, 1.82) is 0 Å². The van der Waals surface area contributed by atoms with Crippen LogP contribution in [0.25, 0.3) is 6.08 Å². The molecule has 0 aliphatic carbocycles. The van der Waals surface area contributed by atoms with Crippen molar-refractivity contribution in [2.24, 2.45) is 0 Å². The lowest BCUT2D eigenvalue weighted by molar-refractivity contribution is -0.111. The van der Waals surface area contributed by atoms with Crippen LogP contribution in [0, 0.1) is 6.92 Å². The summed E-state index contributed by atoms with van der Waals surface area (Å²) in [6.07, 6.45) is 4.70. The number of hydrogen-bond donors (Lipinski definition) is 2. The molecule has 0 heterocycles. The van der Waals surface area contributed by atoms with Crippen LogP contribution in [0.3, 0.4) is 0 Å². The molecule has 7 heteroatoms. The molecule has 2 aromatic rings. The van der Waals surface area contributed by atoms with E-state index in [1.54, 1.807) is 43.3 Å². The quantitative estimate of drug-likeness (QED) is 0.539. The van der Waals surface area contributed by atoms with Crippen molar-refractivity contribution in [3.05, 3.63) is 72.3 Å². The number of benzene rings is 2. The Balaban J connectivity index is 2.06. The summed E-state index contributed by atoms with van der Waals surface area (Å²) < 4.78 is 31.7. The zero-order valence-electron chi connectivity index (χ0n) is 15.2. The second-order valence-corrected chi connectivity index (χ2v) is 7.53. The first-order chi connectivity index (χ1) is 12.9. The second kappa shape index (κ2) is 9.16. The van der Waals surface area contributed by atoms with E-state index in [9.17, 15) is 13.2 Å². The standard InChI is InChI=1S/C20H22N2O4S/c1-4-13-26-18-10-6-16(7-11-18)8-12-20(23)22-17-9-5-15(2)19(14-17)27(24,25)21-3/h4-12,14,21H,1,13H2,2-3H3,(H,22,23)/b12-8+. The van der Waals surface area contributed by atoms with Crippen LogP contribution in [0.15, 0.2) is 66.1 Å². The van der Waals surface area contributed by atoms with Gasteiger partial charge in [0.1, 0.15) is 12.4 Å². The Kier molecular flexibility index (Phi) is 6.92. The summed E-state index contributed by atoms with van der Waals surface area (Å²) in [6.45, 7) is 5.71. The zero-order valence-corrected chi connectivity index (χ0v) is 16.0. The highest BCUT2D eigenvalue weighted by molar-refractivity contribution is 7.89. The summed E-state index contributed by atoms with van der Waals surface area (Å²) >= 11 is 0. The lowest BCUT2D eigenvalue weighted by atomic mass is 10.2. The minimum absolute atomic E-state index is 0.127. The number of carbonyl (C=O) groups excluding carboxylic acids is 1. The molecule has 27 heavy (non-hydrogen) atoms. The number of rotatable bonds is 8. The number of ether oxygens (including phenoxy) is 1. The third-order valence-electron chi connectivity index (χ3n) is 3.69. The fourth-order valence-electron chi connectivity index (χ4n) is 2.26. The third-order valence-corrected chi connectivity index (χ3v) is 5.25. The summed E-state index contributed by atoms with van der Waals surface area (Å²) in [5, 5.41) is 2.66. The number of sulfonamides is 1. The molecule has 6 nitrogen and oxygen atoms in total. The van der Waals surface area contributed by atoms with E-state index in [0.717, 1.165) is 11.3 Å². The van der Waals surface area contributed by atoms with Crippen LogP contribution >= 0.6 is 0 Å². The Morgan fingerprint density at radius 1 is 1.19 bits per heavy atom. The molecule has 0 aliphatic heterocycles. The molecule has 0 radical (unpaired) electrons. The number of anilines is 1. The zero-order chi connectivity index (χ0) is 19.9. The van der Waals surface area contributed by atoms with Gasteiger partial charge in [0.25, 0.3) is 0 Å². The Morgan fingerprint density at radius 2 is 1.89 bits per heavy atom. The molecular weight excluding hydrogens is 364 g/mol. The number of amides is 1. The maximum Gasteiger partial charge on any atom is 0.248 e. The van der Waals surface area contributed by atoms with Crippen molar-refractivity contribution in [1.82, 2.24) is 4.72 Å². The SMILES string of the molecule is C=CCOc1ccc(/C=C/C(=O)Nc2ccc(C)c(S(=O)(=O)NC)c2)cc1. The Labute approximate surface area is 159 Å². The van der Waals surface area contributed by atoms with Gasteiger partial charge in [-0.3, -0.25) is 4.79 Å². The highest BCUT2D eigenvalue weighted by atomic mass is 32.2. The second-order valence-electron chi connectivity index (χ2n) is 5.68. The Bertz CT molecular complexity index is 948. The summed E-state index contributed by atoms with van der Waals surface area (Å²) in [7, 11) is -2.25. The van der Waals surface area contributed by atoms with Gasteiger partial charge >= 0.3 is 0 Å². The van der Waals surface area contributed by atoms with Crippen LogP contribution in [0.2, 0.25) is 0 Å². The predicted molar refractivity (Wildman–Crippen MR) is 107 cm³/mol. The lowest BCUT2D eigenvalue weighted by Crippen LogP contribution is -2.20. The molecule has 0 unspecified atom stereocenters. The third kappa shape index (κ3) is 5.80. The van der Waals surface area contributed by atoms with Gasteiger partial charge in [-0.15, -0.1) is 0 Å². The van der Waals surface area contributed by atoms with Crippen molar-refractivity contribution in [2.45, 2.75) is 11.8 Å². The summed E-state index contributed by atoms with van der Waals surface area (Å²) in [5.41, 5.74) is 1.83. The highest BCUT2D eigenvalue weighted by Crippen LogP contribution is 2.20. The molecule has 0 aromatic heterocycles. The van der Waals surface area contributed by atoms with E-state index in [-0.39, 0.29) is 10.8 Å². The van der Waals surface area contributed by atoms with Crippen LogP contribution in [-0.2, 0) is 14.8 Å². The molecule has 0 atom stereocenters. The fraction of sp³-hybridized carbons (Fsp3) is 0.150. The van der Waals surface area contributed by atoms with Crippen molar-refractivity contribution in [3.8, 4) is 5.75 Å². The van der Waals surface area contributed by atoms with Gasteiger partial charge in [0, 0.05) is 11.8 Å². The van der Waals surface area contributed by atoms with Gasteiger partial charge in [-0.05, 0) is 55.4 Å². The molecule has 2 aromatic carbocycles. The van der Waals surface area contributed by atoms with Gasteiger partial charge in [0.05, 0.1) is 4.90 Å². The smallest absolute Gasteiger partial charge is 0.248 e. The molecule has 0 aliphatic rings. The molecule has 0 fully saturated rings. The number of hydrogen-bond acceptors (Lipinski definition) is 4. The molecule has 0 saturated heterocycles. The van der Waals surface area contributed by atoms with Crippen molar-refractivity contribution in [2.75, 3.05) is 19.0 Å². The van der Waals surface area contributed by atoms with Gasteiger partial charge in [-0.1, -0.05) is 30.9 Å². The normalized spacial score (nSPS) is 11.3. The predicted octanol–water partition coefficient (Wildman–Crippen LogP) is 3.12. The van der Waals surface area contributed by atoms with Crippen molar-refractivity contribution >= 4 is 27.7 Å². The maximum absolute atomic E-state index is 12.1. The van der Waals surface area contributed by atoms with E-state index in [0.29, 0.717) is 17.9 Å². The van der Waals surface area contributed by atoms with Crippen LogP contribution in [-0.4, -0.2) is 28.0 Å². The van der Waals surface area contributed by atoms with E-state index < -0.39 is 10.0 Å². The van der Waals surface area contributed by atoms with E-state index in [2.05, 4.69) is 16.6 Å². The average Bonchev–Trinajstić information content (AvgIpc) is 2.67. The molecule has 1 amide bonds. The van der Waals surface area contributed by atoms with Crippen molar-refractivity contribution in [3.63, 3.8) is 0 Å². The van der Waals surface area contributed by atoms with Crippen LogP contribution < -0.4 is 14.8 Å². The largest absolute Gasteiger partial charge is 0.490 e. The first kappa shape index (κ1) is 20.4. The minimum Gasteiger partial charge on any atom is -0.490 e. The summed E-state index contributed by atoms with van der Waals surface area (Å²) in [4.78, 5) is 12.2. The van der Waals surface area contributed by atoms with E-state index in [1.807, 2.05) is 12.1 Å². The molecule has 0 spiro atoms. The van der Waals surface area contributed by atoms with E-state index in [1.165, 1.54) is 19.2 Å². The topological polar surface area (TPSA) is 84.5 Å². The highest BCUT2D eigenvalue weighted by Gasteiger charge is 2.15. The molecule has 0 bridgehead atoms. The Hall–Kier alpha value is -2.90. The molecule has 2 rings (SSSR count). The first-order valence-electron chi connectivity index (χ1n) is 8.23. The Morgan fingerprint density at radius 3 is 2.52 bits per heavy atom. The maximum atomic E-state index is 12.1.